The van der Waals surface area contributed by atoms with Gasteiger partial charge in [-0.2, -0.15) is 0 Å². The number of hydrogen-bond donors (Lipinski definition) is 2. The molecule has 0 unspecified atom stereocenters. The molecule has 3 aliphatic carbocycles. The highest BCUT2D eigenvalue weighted by atomic mass is 16.5. The Morgan fingerprint density at radius 2 is 1.97 bits per heavy atom. The van der Waals surface area contributed by atoms with Gasteiger partial charge in [0.25, 0.3) is 0 Å². The first-order valence-corrected chi connectivity index (χ1v) is 12.5. The number of cyclic esters (lactones) is 1. The summed E-state index contributed by atoms with van der Waals surface area (Å²) in [7, 11) is 0. The lowest BCUT2D eigenvalue weighted by Gasteiger charge is -2.44. The van der Waals surface area contributed by atoms with Crippen molar-refractivity contribution >= 4 is 5.97 Å². The fourth-order valence-corrected chi connectivity index (χ4v) is 7.20. The predicted molar refractivity (Wildman–Crippen MR) is 127 cm³/mol. The van der Waals surface area contributed by atoms with Crippen LogP contribution in [0, 0.1) is 29.1 Å². The zero-order chi connectivity index (χ0) is 23.2. The number of esters is 1. The molecule has 1 heterocycles. The van der Waals surface area contributed by atoms with Crippen molar-refractivity contribution in [1.82, 2.24) is 0 Å². The Morgan fingerprint density at radius 3 is 2.66 bits per heavy atom. The van der Waals surface area contributed by atoms with Crippen molar-refractivity contribution in [2.45, 2.75) is 90.4 Å². The zero-order valence-electron chi connectivity index (χ0n) is 20.0. The summed E-state index contributed by atoms with van der Waals surface area (Å²) in [5.41, 5.74) is 4.14. The van der Waals surface area contributed by atoms with Gasteiger partial charge in [0.2, 0.25) is 0 Å². The Balaban J connectivity index is 1.48. The van der Waals surface area contributed by atoms with Crippen molar-refractivity contribution in [3.63, 3.8) is 0 Å². The summed E-state index contributed by atoms with van der Waals surface area (Å²) in [6, 6.07) is 0. The number of allylic oxidation sites excluding steroid dienone is 3. The van der Waals surface area contributed by atoms with Crippen LogP contribution in [0.3, 0.4) is 0 Å². The molecular weight excluding hydrogens is 400 g/mol. The fraction of sp³-hybridized carbons (Fsp3) is 0.679. The molecule has 2 N–H and O–H groups in total. The van der Waals surface area contributed by atoms with Gasteiger partial charge in [-0.3, -0.25) is 0 Å². The Hall–Kier alpha value is -1.65. The molecule has 0 aromatic rings. The molecule has 176 valence electrons. The van der Waals surface area contributed by atoms with Crippen molar-refractivity contribution in [3.05, 3.63) is 47.6 Å². The maximum absolute atomic E-state index is 11.7. The van der Waals surface area contributed by atoms with E-state index < -0.39 is 12.2 Å². The van der Waals surface area contributed by atoms with Crippen LogP contribution in [0.15, 0.2) is 47.6 Å². The van der Waals surface area contributed by atoms with Crippen LogP contribution >= 0.6 is 0 Å². The molecule has 3 saturated carbocycles. The minimum absolute atomic E-state index is 0.00598. The van der Waals surface area contributed by atoms with Crippen LogP contribution in [0.1, 0.15) is 72.1 Å². The third kappa shape index (κ3) is 4.17. The summed E-state index contributed by atoms with van der Waals surface area (Å²) >= 11 is 0. The molecule has 1 aliphatic heterocycles. The van der Waals surface area contributed by atoms with Crippen molar-refractivity contribution in [2.24, 2.45) is 29.1 Å². The van der Waals surface area contributed by atoms with E-state index in [1.807, 2.05) is 6.92 Å². The maximum atomic E-state index is 11.7. The Bertz CT molecular complexity index is 835. The molecule has 8 atom stereocenters. The van der Waals surface area contributed by atoms with E-state index in [9.17, 15) is 15.0 Å². The van der Waals surface area contributed by atoms with E-state index in [1.165, 1.54) is 31.3 Å². The molecule has 0 bridgehead atoms. The number of rotatable bonds is 4. The van der Waals surface area contributed by atoms with Gasteiger partial charge >= 0.3 is 5.97 Å². The van der Waals surface area contributed by atoms with E-state index in [-0.39, 0.29) is 23.4 Å². The summed E-state index contributed by atoms with van der Waals surface area (Å²) in [5, 5.41) is 20.7. The lowest BCUT2D eigenvalue weighted by molar-refractivity contribution is -0.139. The van der Waals surface area contributed by atoms with Crippen LogP contribution in [-0.4, -0.2) is 34.5 Å². The Kier molecular flexibility index (Phi) is 6.57. The van der Waals surface area contributed by atoms with Gasteiger partial charge in [0.15, 0.2) is 0 Å². The van der Waals surface area contributed by atoms with Gasteiger partial charge in [-0.05, 0) is 79.3 Å². The minimum Gasteiger partial charge on any atom is -0.459 e. The Labute approximate surface area is 193 Å². The summed E-state index contributed by atoms with van der Waals surface area (Å²) in [4.78, 5) is 11.7. The minimum atomic E-state index is -0.669. The van der Waals surface area contributed by atoms with Crippen molar-refractivity contribution in [2.75, 3.05) is 0 Å². The van der Waals surface area contributed by atoms with Crippen molar-refractivity contribution in [1.29, 1.82) is 0 Å². The molecule has 1 saturated heterocycles. The van der Waals surface area contributed by atoms with Gasteiger partial charge in [0.1, 0.15) is 6.10 Å². The van der Waals surface area contributed by atoms with Crippen LogP contribution in [0.5, 0.6) is 0 Å². The highest BCUT2D eigenvalue weighted by Gasteiger charge is 2.51. The average Bonchev–Trinajstić information content (AvgIpc) is 3.26. The second-order valence-corrected chi connectivity index (χ2v) is 11.2. The number of carbonyl (C=O) groups is 1. The molecule has 4 aliphatic rings. The molecule has 4 rings (SSSR count). The summed E-state index contributed by atoms with van der Waals surface area (Å²) in [5.74, 6) is 1.33. The maximum Gasteiger partial charge on any atom is 0.333 e. The number of aliphatic hydroxyl groups excluding tert-OH is 2. The Morgan fingerprint density at radius 1 is 1.22 bits per heavy atom. The van der Waals surface area contributed by atoms with Gasteiger partial charge in [-0.1, -0.05) is 51.7 Å². The third-order valence-corrected chi connectivity index (χ3v) is 9.20. The van der Waals surface area contributed by atoms with Gasteiger partial charge in [0, 0.05) is 17.9 Å². The molecule has 0 radical (unpaired) electrons. The highest BCUT2D eigenvalue weighted by Crippen LogP contribution is 2.60. The second-order valence-electron chi connectivity index (χ2n) is 11.2. The van der Waals surface area contributed by atoms with Crippen molar-refractivity contribution in [3.8, 4) is 0 Å². The fourth-order valence-electron chi connectivity index (χ4n) is 7.20. The topological polar surface area (TPSA) is 66.8 Å². The third-order valence-electron chi connectivity index (χ3n) is 9.20. The smallest absolute Gasteiger partial charge is 0.333 e. The lowest BCUT2D eigenvalue weighted by atomic mass is 9.60. The highest BCUT2D eigenvalue weighted by molar-refractivity contribution is 5.89. The van der Waals surface area contributed by atoms with E-state index in [1.54, 1.807) is 0 Å². The first kappa shape index (κ1) is 23.5. The number of carbonyl (C=O) groups excluding carboxylic acids is 1. The molecule has 4 fully saturated rings. The zero-order valence-corrected chi connectivity index (χ0v) is 20.0. The average molecular weight is 441 g/mol. The van der Waals surface area contributed by atoms with E-state index >= 15 is 0 Å². The number of ether oxygens (including phenoxy) is 1. The standard InChI is InChI=1S/C28H40O4/c1-16(13-22-14-17(2)27(31)32-22)23-10-11-24-20(7-6-12-28(23,24)5)8-9-21-15-25(29)19(4)26(30)18(21)3/h8-9,16,19,22-26,29-30H,2-3,6-7,10-15H2,1,4-5H3/b20-8+,21-9-/t16-,19+,22-,23-,24+,25-,26-,28-/m1/s1. The molecule has 0 amide bonds. The van der Waals surface area contributed by atoms with Crippen LogP contribution < -0.4 is 0 Å². The summed E-state index contributed by atoms with van der Waals surface area (Å²) in [6.45, 7) is 14.6. The van der Waals surface area contributed by atoms with Crippen LogP contribution in [0.4, 0.5) is 0 Å². The molecule has 4 nitrogen and oxygen atoms in total. The first-order valence-electron chi connectivity index (χ1n) is 12.5. The van der Waals surface area contributed by atoms with E-state index in [2.05, 4.69) is 39.2 Å². The van der Waals surface area contributed by atoms with Crippen molar-refractivity contribution < 1.29 is 19.7 Å². The quantitative estimate of drug-likeness (QED) is 0.462. The number of fused-ring (bicyclic) bond motifs is 1. The molecule has 0 spiro atoms. The first-order chi connectivity index (χ1) is 15.1. The monoisotopic (exact) mass is 440 g/mol. The van der Waals surface area contributed by atoms with Crippen LogP contribution in [0.25, 0.3) is 0 Å². The van der Waals surface area contributed by atoms with E-state index in [0.29, 0.717) is 36.2 Å². The van der Waals surface area contributed by atoms with E-state index in [0.717, 1.165) is 24.0 Å². The van der Waals surface area contributed by atoms with E-state index in [4.69, 9.17) is 4.74 Å². The van der Waals surface area contributed by atoms with Crippen LogP contribution in [0.2, 0.25) is 0 Å². The molecule has 32 heavy (non-hydrogen) atoms. The van der Waals surface area contributed by atoms with Gasteiger partial charge in [-0.25, -0.2) is 4.79 Å². The van der Waals surface area contributed by atoms with Gasteiger partial charge < -0.3 is 14.9 Å². The summed E-state index contributed by atoms with van der Waals surface area (Å²) < 4.78 is 5.53. The van der Waals surface area contributed by atoms with Gasteiger partial charge in [-0.15, -0.1) is 0 Å². The van der Waals surface area contributed by atoms with Gasteiger partial charge in [0.05, 0.1) is 12.2 Å². The van der Waals surface area contributed by atoms with Crippen LogP contribution in [-0.2, 0) is 9.53 Å². The largest absolute Gasteiger partial charge is 0.459 e. The normalized spacial score (nSPS) is 43.6. The second kappa shape index (κ2) is 8.95. The predicted octanol–water partition coefficient (Wildman–Crippen LogP) is 5.27. The molecule has 0 aromatic carbocycles. The molecular formula is C28H40O4. The molecule has 4 heteroatoms. The number of aliphatic hydroxyl groups is 2. The number of hydrogen-bond acceptors (Lipinski definition) is 4. The SMILES string of the molecule is C=C1C[C@@H](C[C@@H](C)[C@H]2CC[C@H]3/C(=C/C=C4/C[C@@H](O)[C@H](C)[C@H](O)C4=C)CCC[C@]23C)OC1=O. The lowest BCUT2D eigenvalue weighted by Crippen LogP contribution is -2.37. The summed E-state index contributed by atoms with van der Waals surface area (Å²) in [6.07, 6.45) is 11.4. The molecule has 0 aromatic heterocycles.